The molecule has 2 rings (SSSR count). The molecule has 1 aromatic heterocycles. The molecule has 4 atom stereocenters. The van der Waals surface area contributed by atoms with E-state index in [1.54, 1.807) is 0 Å². The van der Waals surface area contributed by atoms with Crippen LogP contribution in [0, 0.1) is 0 Å². The third kappa shape index (κ3) is 11.0. The predicted molar refractivity (Wildman–Crippen MR) is 140 cm³/mol. The molecule has 2 heterocycles. The van der Waals surface area contributed by atoms with Crippen LogP contribution in [0.15, 0.2) is 21.9 Å². The van der Waals surface area contributed by atoms with Crippen LogP contribution in [0.2, 0.25) is 0 Å². The summed E-state index contributed by atoms with van der Waals surface area (Å²) in [5.41, 5.74) is -1.05. The molecule has 1 saturated heterocycles. The molecule has 0 unspecified atom stereocenters. The molecule has 0 saturated carbocycles. The van der Waals surface area contributed by atoms with Gasteiger partial charge in [0, 0.05) is 25.9 Å². The van der Waals surface area contributed by atoms with Gasteiger partial charge in [0.15, 0.2) is 6.23 Å². The summed E-state index contributed by atoms with van der Waals surface area (Å²) in [5, 5.41) is 13.9. The molecule has 202 valence electrons. The van der Waals surface area contributed by atoms with E-state index in [0.717, 1.165) is 13.0 Å². The van der Waals surface area contributed by atoms with Crippen LogP contribution >= 0.6 is 0 Å². The minimum Gasteiger partial charge on any atom is -0.387 e. The molecule has 0 bridgehead atoms. The highest BCUT2D eigenvalue weighted by molar-refractivity contribution is 4.94. The Kier molecular flexibility index (Phi) is 15.2. The Labute approximate surface area is 210 Å². The fraction of sp³-hybridized carbons (Fsp3) is 0.852. The topological polar surface area (TPSA) is 106 Å². The van der Waals surface area contributed by atoms with Gasteiger partial charge in [-0.25, -0.2) is 4.79 Å². The van der Waals surface area contributed by atoms with Gasteiger partial charge in [-0.2, -0.15) is 0 Å². The number of methoxy groups -OCH3 is 1. The Balaban J connectivity index is 1.48. The van der Waals surface area contributed by atoms with Gasteiger partial charge >= 0.3 is 5.69 Å². The average molecular weight is 496 g/mol. The average Bonchev–Trinajstić information content (AvgIpc) is 3.15. The number of hydrogen-bond acceptors (Lipinski definition) is 6. The SMILES string of the molecule is CCCCCCCCCCCCCCCCCNC[C@H]1O[C@@H](n2ccc(=O)[nH]c2=O)[C@H](OC)[C@@H]1O. The maximum atomic E-state index is 12.1. The van der Waals surface area contributed by atoms with E-state index in [2.05, 4.69) is 17.2 Å². The van der Waals surface area contributed by atoms with Crippen LogP contribution in [0.25, 0.3) is 0 Å². The second kappa shape index (κ2) is 17.9. The highest BCUT2D eigenvalue weighted by Crippen LogP contribution is 2.30. The van der Waals surface area contributed by atoms with E-state index in [1.807, 2.05) is 0 Å². The van der Waals surface area contributed by atoms with Crippen LogP contribution in [0.5, 0.6) is 0 Å². The maximum Gasteiger partial charge on any atom is 0.330 e. The normalized spacial score (nSPS) is 22.1. The van der Waals surface area contributed by atoms with Crippen molar-refractivity contribution >= 4 is 0 Å². The Bertz CT molecular complexity index is 781. The van der Waals surface area contributed by atoms with Crippen molar-refractivity contribution in [1.29, 1.82) is 0 Å². The number of aliphatic hydroxyl groups is 1. The van der Waals surface area contributed by atoms with Crippen molar-refractivity contribution < 1.29 is 14.6 Å². The second-order valence-corrected chi connectivity index (χ2v) is 9.93. The summed E-state index contributed by atoms with van der Waals surface area (Å²) in [6.45, 7) is 3.62. The summed E-state index contributed by atoms with van der Waals surface area (Å²) in [6, 6.07) is 1.26. The molecule has 0 amide bonds. The van der Waals surface area contributed by atoms with Crippen molar-refractivity contribution in [2.45, 2.75) is 128 Å². The van der Waals surface area contributed by atoms with Gasteiger partial charge in [0.25, 0.3) is 5.56 Å². The lowest BCUT2D eigenvalue weighted by molar-refractivity contribution is -0.0535. The third-order valence-corrected chi connectivity index (χ3v) is 7.01. The predicted octanol–water partition coefficient (Wildman–Crippen LogP) is 4.27. The fourth-order valence-corrected chi connectivity index (χ4v) is 4.86. The second-order valence-electron chi connectivity index (χ2n) is 9.93. The zero-order valence-electron chi connectivity index (χ0n) is 22.0. The molecule has 0 spiro atoms. The summed E-state index contributed by atoms with van der Waals surface area (Å²) >= 11 is 0. The lowest BCUT2D eigenvalue weighted by Crippen LogP contribution is -2.40. The van der Waals surface area contributed by atoms with Crippen LogP contribution < -0.4 is 16.6 Å². The van der Waals surface area contributed by atoms with Crippen molar-refractivity contribution in [1.82, 2.24) is 14.9 Å². The summed E-state index contributed by atoms with van der Waals surface area (Å²) in [7, 11) is 1.48. The molecule has 35 heavy (non-hydrogen) atoms. The Morgan fingerprint density at radius 2 is 1.49 bits per heavy atom. The van der Waals surface area contributed by atoms with Crippen molar-refractivity contribution in [3.63, 3.8) is 0 Å². The van der Waals surface area contributed by atoms with Gasteiger partial charge in [-0.15, -0.1) is 0 Å². The van der Waals surface area contributed by atoms with Crippen molar-refractivity contribution in [3.8, 4) is 0 Å². The van der Waals surface area contributed by atoms with Crippen molar-refractivity contribution in [2.24, 2.45) is 0 Å². The van der Waals surface area contributed by atoms with Gasteiger partial charge in [-0.3, -0.25) is 14.3 Å². The maximum absolute atomic E-state index is 12.1. The van der Waals surface area contributed by atoms with E-state index in [1.165, 1.54) is 114 Å². The number of hydrogen-bond donors (Lipinski definition) is 3. The third-order valence-electron chi connectivity index (χ3n) is 7.01. The fourth-order valence-electron chi connectivity index (χ4n) is 4.86. The van der Waals surface area contributed by atoms with E-state index in [-0.39, 0.29) is 0 Å². The minimum absolute atomic E-state index is 0.472. The van der Waals surface area contributed by atoms with Gasteiger partial charge in [0.2, 0.25) is 0 Å². The van der Waals surface area contributed by atoms with Crippen LogP contribution in [0.1, 0.15) is 109 Å². The molecule has 3 N–H and O–H groups in total. The number of nitrogens with zero attached hydrogens (tertiary/aromatic N) is 1. The highest BCUT2D eigenvalue weighted by Gasteiger charge is 2.45. The number of aromatic amines is 1. The summed E-state index contributed by atoms with van der Waals surface area (Å²) in [6.07, 6.45) is 18.7. The van der Waals surface area contributed by atoms with Gasteiger partial charge < -0.3 is 19.9 Å². The van der Waals surface area contributed by atoms with Gasteiger partial charge in [-0.05, 0) is 13.0 Å². The molecular formula is C27H49N3O5. The minimum atomic E-state index is -0.864. The van der Waals surface area contributed by atoms with Crippen LogP contribution in [0.4, 0.5) is 0 Å². The molecule has 8 nitrogen and oxygen atoms in total. The Hall–Kier alpha value is -1.48. The Morgan fingerprint density at radius 1 is 0.943 bits per heavy atom. The van der Waals surface area contributed by atoms with Gasteiger partial charge in [0.05, 0.1) is 0 Å². The molecule has 0 aromatic carbocycles. The first-order valence-corrected chi connectivity index (χ1v) is 14.0. The molecular weight excluding hydrogens is 446 g/mol. The zero-order valence-corrected chi connectivity index (χ0v) is 22.0. The van der Waals surface area contributed by atoms with E-state index >= 15 is 0 Å². The highest BCUT2D eigenvalue weighted by atomic mass is 16.6. The number of unbranched alkanes of at least 4 members (excludes halogenated alkanes) is 14. The van der Waals surface area contributed by atoms with Gasteiger partial charge in [-0.1, -0.05) is 96.8 Å². The van der Waals surface area contributed by atoms with Crippen LogP contribution in [0.3, 0.4) is 0 Å². The van der Waals surface area contributed by atoms with Crippen molar-refractivity contribution in [3.05, 3.63) is 33.1 Å². The molecule has 1 aliphatic rings. The standard InChI is InChI=1S/C27H49N3O5/c1-3-4-5-6-7-8-9-10-11-12-13-14-15-16-17-19-28-21-22-24(32)25(34-2)26(35-22)30-20-18-23(31)29-27(30)33/h18,20,22,24-26,28,32H,3-17,19,21H2,1-2H3,(H,29,31,33)/t22-,24-,25-,26-/m1/s1. The molecule has 0 aliphatic carbocycles. The van der Waals surface area contributed by atoms with Crippen LogP contribution in [-0.2, 0) is 9.47 Å². The van der Waals surface area contributed by atoms with E-state index < -0.39 is 35.8 Å². The van der Waals surface area contributed by atoms with Crippen molar-refractivity contribution in [2.75, 3.05) is 20.2 Å². The number of ether oxygens (including phenoxy) is 2. The molecule has 1 aromatic rings. The van der Waals surface area contributed by atoms with Gasteiger partial charge in [0.1, 0.15) is 18.3 Å². The van der Waals surface area contributed by atoms with E-state index in [9.17, 15) is 14.7 Å². The number of nitrogens with one attached hydrogen (secondary N) is 2. The summed E-state index contributed by atoms with van der Waals surface area (Å²) < 4.78 is 12.6. The number of rotatable bonds is 20. The lowest BCUT2D eigenvalue weighted by Gasteiger charge is -2.19. The number of H-pyrrole nitrogens is 1. The molecule has 0 radical (unpaired) electrons. The first kappa shape index (κ1) is 29.7. The Morgan fingerprint density at radius 3 is 2.00 bits per heavy atom. The number of aliphatic hydroxyl groups excluding tert-OH is 1. The van der Waals surface area contributed by atoms with E-state index in [0.29, 0.717) is 6.54 Å². The molecule has 1 aliphatic heterocycles. The largest absolute Gasteiger partial charge is 0.387 e. The number of aromatic nitrogens is 2. The lowest BCUT2D eigenvalue weighted by atomic mass is 10.0. The summed E-state index contributed by atoms with van der Waals surface area (Å²) in [4.78, 5) is 25.6. The molecule has 1 fully saturated rings. The monoisotopic (exact) mass is 495 g/mol. The zero-order chi connectivity index (χ0) is 25.3. The molecule has 8 heteroatoms. The quantitative estimate of drug-likeness (QED) is 0.233. The van der Waals surface area contributed by atoms with Crippen LogP contribution in [-0.4, -0.2) is 53.2 Å². The summed E-state index contributed by atoms with van der Waals surface area (Å²) in [5.74, 6) is 0. The first-order valence-electron chi connectivity index (χ1n) is 14.0. The first-order chi connectivity index (χ1) is 17.1. The van der Waals surface area contributed by atoms with E-state index in [4.69, 9.17) is 9.47 Å². The smallest absolute Gasteiger partial charge is 0.330 e.